The second-order valence-electron chi connectivity index (χ2n) is 4.54. The summed E-state index contributed by atoms with van der Waals surface area (Å²) in [6, 6.07) is 6.13. The predicted molar refractivity (Wildman–Crippen MR) is 71.0 cm³/mol. The Labute approximate surface area is 120 Å². The van der Waals surface area contributed by atoms with Crippen molar-refractivity contribution in [3.63, 3.8) is 0 Å². The number of aryl methyl sites for hydroxylation is 1. The molecule has 1 rings (SSSR count). The zero-order valence-corrected chi connectivity index (χ0v) is 12.1. The highest BCUT2D eigenvalue weighted by molar-refractivity contribution is 7.90. The van der Waals surface area contributed by atoms with Gasteiger partial charge in [0.05, 0.1) is 5.75 Å². The van der Waals surface area contributed by atoms with Gasteiger partial charge in [-0.3, -0.25) is 4.79 Å². The number of halogens is 3. The summed E-state index contributed by atoms with van der Waals surface area (Å²) in [6.07, 6.45) is -4.31. The summed E-state index contributed by atoms with van der Waals surface area (Å²) in [5.41, 5.74) is 0.572. The first-order valence-corrected chi connectivity index (χ1v) is 8.13. The van der Waals surface area contributed by atoms with Crippen molar-refractivity contribution < 1.29 is 31.1 Å². The summed E-state index contributed by atoms with van der Waals surface area (Å²) >= 11 is 0. The van der Waals surface area contributed by atoms with Crippen LogP contribution in [0.3, 0.4) is 0 Å². The van der Waals surface area contributed by atoms with E-state index in [-0.39, 0.29) is 18.8 Å². The minimum Gasteiger partial charge on any atom is -0.493 e. The van der Waals surface area contributed by atoms with E-state index < -0.39 is 28.2 Å². The molecule has 0 saturated carbocycles. The summed E-state index contributed by atoms with van der Waals surface area (Å²) in [6.45, 7) is 0.00470. The minimum absolute atomic E-state index is 0.00470. The topological polar surface area (TPSA) is 60.4 Å². The third-order valence-corrected chi connectivity index (χ3v) is 3.51. The molecule has 0 aliphatic rings. The number of ketones is 1. The average molecular weight is 324 g/mol. The van der Waals surface area contributed by atoms with E-state index in [4.69, 9.17) is 4.74 Å². The van der Waals surface area contributed by atoms with Gasteiger partial charge in [-0.15, -0.1) is 0 Å². The minimum atomic E-state index is -4.80. The quantitative estimate of drug-likeness (QED) is 0.771. The second-order valence-corrected chi connectivity index (χ2v) is 6.80. The fraction of sp³-hybridized carbons (Fsp3) is 0.462. The average Bonchev–Trinajstić information content (AvgIpc) is 2.34. The molecule has 0 aromatic heterocycles. The molecule has 0 heterocycles. The molecule has 4 nitrogen and oxygen atoms in total. The molecule has 1 aromatic carbocycles. The van der Waals surface area contributed by atoms with E-state index in [0.717, 1.165) is 6.26 Å². The fourth-order valence-electron chi connectivity index (χ4n) is 1.46. The highest BCUT2D eigenvalue weighted by Gasteiger charge is 2.37. The van der Waals surface area contributed by atoms with Gasteiger partial charge in [0.2, 0.25) is 5.78 Å². The summed E-state index contributed by atoms with van der Waals surface area (Å²) in [5, 5.41) is 0. The Morgan fingerprint density at radius 3 is 2.24 bits per heavy atom. The van der Waals surface area contributed by atoms with E-state index >= 15 is 0 Å². The van der Waals surface area contributed by atoms with Crippen LogP contribution in [0.25, 0.3) is 0 Å². The van der Waals surface area contributed by atoms with Gasteiger partial charge in [0.1, 0.15) is 12.4 Å². The van der Waals surface area contributed by atoms with Gasteiger partial charge in [-0.25, -0.2) is 8.42 Å². The lowest BCUT2D eigenvalue weighted by atomic mass is 10.1. The smallest absolute Gasteiger partial charge is 0.449 e. The Hall–Kier alpha value is -1.57. The number of carbonyl (C=O) groups excluding carboxylic acids is 1. The maximum absolute atomic E-state index is 12.0. The van der Waals surface area contributed by atoms with Gasteiger partial charge in [0.15, 0.2) is 9.84 Å². The van der Waals surface area contributed by atoms with E-state index in [1.165, 1.54) is 12.1 Å². The van der Waals surface area contributed by atoms with Crippen LogP contribution in [0.2, 0.25) is 0 Å². The van der Waals surface area contributed by atoms with Gasteiger partial charge in [0, 0.05) is 12.7 Å². The fourth-order valence-corrected chi connectivity index (χ4v) is 1.85. The van der Waals surface area contributed by atoms with E-state index in [1.807, 2.05) is 0 Å². The predicted octanol–water partition coefficient (Wildman–Crippen LogP) is 2.17. The van der Waals surface area contributed by atoms with Gasteiger partial charge in [-0.2, -0.15) is 13.2 Å². The maximum Gasteiger partial charge on any atom is 0.449 e. The molecule has 118 valence electrons. The summed E-state index contributed by atoms with van der Waals surface area (Å²) in [5.74, 6) is -1.45. The van der Waals surface area contributed by atoms with Crippen LogP contribution in [-0.4, -0.2) is 39.0 Å². The largest absolute Gasteiger partial charge is 0.493 e. The molecule has 8 heteroatoms. The van der Waals surface area contributed by atoms with Gasteiger partial charge < -0.3 is 4.74 Å². The van der Waals surface area contributed by atoms with Crippen molar-refractivity contribution in [2.45, 2.75) is 19.0 Å². The zero-order valence-electron chi connectivity index (χ0n) is 11.3. The lowest BCUT2D eigenvalue weighted by Crippen LogP contribution is -2.22. The maximum atomic E-state index is 12.0. The lowest BCUT2D eigenvalue weighted by molar-refractivity contribution is -0.171. The number of benzene rings is 1. The number of alkyl halides is 3. The van der Waals surface area contributed by atoms with Crippen molar-refractivity contribution in [2.75, 3.05) is 18.6 Å². The number of ether oxygens (including phenoxy) is 1. The van der Waals surface area contributed by atoms with E-state index in [0.29, 0.717) is 11.3 Å². The molecule has 0 radical (unpaired) electrons. The van der Waals surface area contributed by atoms with Gasteiger partial charge in [0.25, 0.3) is 0 Å². The second kappa shape index (κ2) is 6.93. The number of sulfone groups is 1. The van der Waals surface area contributed by atoms with Crippen LogP contribution in [0.1, 0.15) is 12.0 Å². The summed E-state index contributed by atoms with van der Waals surface area (Å²) in [4.78, 5) is 10.7. The molecule has 0 saturated heterocycles. The highest BCUT2D eigenvalue weighted by Crippen LogP contribution is 2.20. The molecule has 0 bridgehead atoms. The molecule has 0 aliphatic carbocycles. The number of hydrogen-bond donors (Lipinski definition) is 0. The lowest BCUT2D eigenvalue weighted by Gasteiger charge is -2.07. The normalized spacial score (nSPS) is 12.2. The molecule has 0 spiro atoms. The van der Waals surface area contributed by atoms with Crippen LogP contribution in [0.5, 0.6) is 5.75 Å². The first kappa shape index (κ1) is 17.5. The van der Waals surface area contributed by atoms with Crippen molar-refractivity contribution in [3.05, 3.63) is 29.8 Å². The molecular formula is C13H15F3O4S. The molecule has 0 aliphatic heterocycles. The van der Waals surface area contributed by atoms with E-state index in [1.54, 1.807) is 12.1 Å². The summed E-state index contributed by atoms with van der Waals surface area (Å²) in [7, 11) is -3.10. The summed E-state index contributed by atoms with van der Waals surface area (Å²) < 4.78 is 63.1. The highest BCUT2D eigenvalue weighted by atomic mass is 32.2. The molecule has 21 heavy (non-hydrogen) atoms. The van der Waals surface area contributed by atoms with Crippen LogP contribution < -0.4 is 4.74 Å². The van der Waals surface area contributed by atoms with Crippen LogP contribution in [0.4, 0.5) is 13.2 Å². The third-order valence-electron chi connectivity index (χ3n) is 2.60. The number of rotatable bonds is 7. The molecule has 0 N–H and O–H groups in total. The van der Waals surface area contributed by atoms with E-state index in [2.05, 4.69) is 0 Å². The molecule has 0 unspecified atom stereocenters. The van der Waals surface area contributed by atoms with Gasteiger partial charge in [-0.1, -0.05) is 12.1 Å². The first-order valence-electron chi connectivity index (χ1n) is 6.07. The molecule has 0 fully saturated rings. The van der Waals surface area contributed by atoms with Crippen LogP contribution in [0, 0.1) is 0 Å². The number of hydrogen-bond acceptors (Lipinski definition) is 4. The monoisotopic (exact) mass is 324 g/mol. The zero-order chi connectivity index (χ0) is 16.1. The third kappa shape index (κ3) is 7.12. The Morgan fingerprint density at radius 1 is 1.19 bits per heavy atom. The molecule has 1 aromatic rings. The Bertz CT molecular complexity index is 576. The molecular weight excluding hydrogens is 309 g/mol. The van der Waals surface area contributed by atoms with Crippen molar-refractivity contribution in [1.82, 2.24) is 0 Å². The Kier molecular flexibility index (Phi) is 5.77. The van der Waals surface area contributed by atoms with Crippen molar-refractivity contribution in [1.29, 1.82) is 0 Å². The van der Waals surface area contributed by atoms with Crippen LogP contribution in [-0.2, 0) is 21.1 Å². The van der Waals surface area contributed by atoms with Crippen molar-refractivity contribution in [2.24, 2.45) is 0 Å². The van der Waals surface area contributed by atoms with Gasteiger partial charge in [-0.05, 0) is 24.1 Å². The SMILES string of the molecule is CS(=O)(=O)CCOc1ccc(CCC(=O)C(F)(F)F)cc1. The van der Waals surface area contributed by atoms with Gasteiger partial charge >= 0.3 is 6.18 Å². The standard InChI is InChI=1S/C13H15F3O4S/c1-21(18,19)9-8-20-11-5-2-10(3-6-11)4-7-12(17)13(14,15)16/h2-3,5-6H,4,7-9H2,1H3. The van der Waals surface area contributed by atoms with Crippen LogP contribution in [0.15, 0.2) is 24.3 Å². The molecule has 0 amide bonds. The van der Waals surface area contributed by atoms with Crippen molar-refractivity contribution >= 4 is 15.6 Å². The van der Waals surface area contributed by atoms with Crippen molar-refractivity contribution in [3.8, 4) is 5.75 Å². The Morgan fingerprint density at radius 2 is 1.76 bits per heavy atom. The molecule has 0 atom stereocenters. The van der Waals surface area contributed by atoms with E-state index in [9.17, 15) is 26.4 Å². The number of Topliss-reactive ketones (excluding diaryl/α,β-unsaturated/α-hetero) is 1. The first-order chi connectivity index (χ1) is 9.58. The van der Waals surface area contributed by atoms with Crippen LogP contribution >= 0.6 is 0 Å². The number of carbonyl (C=O) groups is 1. The Balaban J connectivity index is 2.45.